The van der Waals surface area contributed by atoms with Crippen molar-refractivity contribution in [3.05, 3.63) is 29.8 Å². The van der Waals surface area contributed by atoms with Gasteiger partial charge in [0.1, 0.15) is 4.75 Å². The number of thioether (sulfide) groups is 1. The lowest BCUT2D eigenvalue weighted by atomic mass is 10.0. The predicted octanol–water partition coefficient (Wildman–Crippen LogP) is 2.41. The predicted molar refractivity (Wildman–Crippen MR) is 71.5 cm³/mol. The normalized spacial score (nSPS) is 12.5. The van der Waals surface area contributed by atoms with Crippen LogP contribution in [0.3, 0.4) is 0 Å². The highest BCUT2D eigenvalue weighted by Gasteiger charge is 2.38. The average Bonchev–Trinajstić information content (AvgIpc) is 2.26. The number of hydrogen-bond acceptors (Lipinski definition) is 4. The highest BCUT2D eigenvalue weighted by Crippen LogP contribution is 2.23. The van der Waals surface area contributed by atoms with Crippen molar-refractivity contribution in [2.24, 2.45) is 0 Å². The summed E-state index contributed by atoms with van der Waals surface area (Å²) in [4.78, 5) is 13.2. The Morgan fingerprint density at radius 1 is 1.18 bits per heavy atom. The number of hydrogen-bond donors (Lipinski definition) is 0. The smallest absolute Gasteiger partial charge is 0.183 e. The van der Waals surface area contributed by atoms with Gasteiger partial charge in [0.15, 0.2) is 15.6 Å². The number of ketones is 1. The van der Waals surface area contributed by atoms with Gasteiger partial charge in [-0.3, -0.25) is 4.79 Å². The molecule has 0 heterocycles. The summed E-state index contributed by atoms with van der Waals surface area (Å²) in [6.07, 6.45) is 3.03. The molecule has 0 N–H and O–H groups in total. The molecule has 0 bridgehead atoms. The molecule has 0 aliphatic heterocycles. The molecule has 0 radical (unpaired) electrons. The second kappa shape index (κ2) is 4.82. The maximum absolute atomic E-state index is 12.1. The summed E-state index contributed by atoms with van der Waals surface area (Å²) in [6, 6.07) is 6.97. The Morgan fingerprint density at radius 3 is 2.00 bits per heavy atom. The van der Waals surface area contributed by atoms with Gasteiger partial charge in [-0.15, -0.1) is 11.8 Å². The van der Waals surface area contributed by atoms with E-state index in [0.29, 0.717) is 5.56 Å². The zero-order valence-corrected chi connectivity index (χ0v) is 12.0. The van der Waals surface area contributed by atoms with Gasteiger partial charge in [0.05, 0.1) is 0 Å². The Kier molecular flexibility index (Phi) is 4.04. The maximum Gasteiger partial charge on any atom is 0.183 e. The van der Waals surface area contributed by atoms with E-state index in [-0.39, 0.29) is 5.78 Å². The van der Waals surface area contributed by atoms with Crippen molar-refractivity contribution in [2.45, 2.75) is 23.5 Å². The molecule has 0 saturated carbocycles. The molecular weight excluding hydrogens is 256 g/mol. The fraction of sp³-hybridized carbons (Fsp3) is 0.417. The van der Waals surface area contributed by atoms with Crippen molar-refractivity contribution in [2.75, 3.05) is 12.5 Å². The lowest BCUT2D eigenvalue weighted by Crippen LogP contribution is -2.39. The molecule has 17 heavy (non-hydrogen) atoms. The Balaban J connectivity index is 3.13. The summed E-state index contributed by atoms with van der Waals surface area (Å²) in [5.41, 5.74) is 0.429. The van der Waals surface area contributed by atoms with Gasteiger partial charge < -0.3 is 0 Å². The number of Topliss-reactive ketones (excluding diaryl/α,β-unsaturated/α-hetero) is 1. The summed E-state index contributed by atoms with van der Waals surface area (Å²) in [5.74, 6) is -0.368. The van der Waals surface area contributed by atoms with E-state index in [1.165, 1.54) is 13.8 Å². The molecule has 1 rings (SSSR count). The molecule has 0 unspecified atom stereocenters. The molecule has 5 heteroatoms. The van der Waals surface area contributed by atoms with Gasteiger partial charge >= 0.3 is 0 Å². The van der Waals surface area contributed by atoms with Gasteiger partial charge in [-0.1, -0.05) is 12.1 Å². The first-order valence-electron chi connectivity index (χ1n) is 5.08. The minimum Gasteiger partial charge on any atom is -0.292 e. The SMILES string of the molecule is CSc1ccc(C(=O)C(C)(C)S(C)(=O)=O)cc1. The first-order chi connectivity index (χ1) is 7.70. The first kappa shape index (κ1) is 14.3. The van der Waals surface area contributed by atoms with Crippen LogP contribution in [0.4, 0.5) is 0 Å². The van der Waals surface area contributed by atoms with Crippen molar-refractivity contribution < 1.29 is 13.2 Å². The van der Waals surface area contributed by atoms with Crippen molar-refractivity contribution in [3.63, 3.8) is 0 Å². The summed E-state index contributed by atoms with van der Waals surface area (Å²) in [6.45, 7) is 2.88. The number of benzene rings is 1. The fourth-order valence-electron chi connectivity index (χ4n) is 1.26. The van der Waals surface area contributed by atoms with Crippen LogP contribution in [0, 0.1) is 0 Å². The van der Waals surface area contributed by atoms with Crippen LogP contribution in [0.15, 0.2) is 29.2 Å². The quantitative estimate of drug-likeness (QED) is 0.624. The van der Waals surface area contributed by atoms with Crippen LogP contribution >= 0.6 is 11.8 Å². The van der Waals surface area contributed by atoms with Crippen molar-refractivity contribution in [3.8, 4) is 0 Å². The number of sulfone groups is 1. The van der Waals surface area contributed by atoms with Crippen molar-refractivity contribution in [1.82, 2.24) is 0 Å². The largest absolute Gasteiger partial charge is 0.292 e. The van der Waals surface area contributed by atoms with E-state index < -0.39 is 14.6 Å². The molecule has 0 fully saturated rings. The zero-order chi connectivity index (χ0) is 13.3. The van der Waals surface area contributed by atoms with Crippen LogP contribution < -0.4 is 0 Å². The van der Waals surface area contributed by atoms with Crippen LogP contribution in [0.1, 0.15) is 24.2 Å². The molecule has 0 spiro atoms. The summed E-state index contributed by atoms with van der Waals surface area (Å²) >= 11 is 1.57. The minimum atomic E-state index is -3.42. The summed E-state index contributed by atoms with van der Waals surface area (Å²) in [5, 5.41) is 0. The minimum absolute atomic E-state index is 0.368. The standard InChI is InChI=1S/C12H16O3S2/c1-12(2,17(4,14)15)11(13)9-5-7-10(16-3)8-6-9/h5-8H,1-4H3. The molecule has 1 aromatic carbocycles. The third kappa shape index (κ3) is 2.90. The molecule has 0 saturated heterocycles. The highest BCUT2D eigenvalue weighted by atomic mass is 32.2. The van der Waals surface area contributed by atoms with Crippen LogP contribution in [-0.4, -0.2) is 31.5 Å². The Bertz CT molecular complexity index is 513. The third-order valence-electron chi connectivity index (χ3n) is 2.83. The first-order valence-corrected chi connectivity index (χ1v) is 8.20. The van der Waals surface area contributed by atoms with Crippen LogP contribution in [0.2, 0.25) is 0 Å². The van der Waals surface area contributed by atoms with Gasteiger partial charge in [0.2, 0.25) is 0 Å². The van der Waals surface area contributed by atoms with Gasteiger partial charge in [0.25, 0.3) is 0 Å². The van der Waals surface area contributed by atoms with Gasteiger partial charge in [0, 0.05) is 16.7 Å². The molecule has 94 valence electrons. The lowest BCUT2D eigenvalue weighted by molar-refractivity contribution is 0.0954. The summed E-state index contributed by atoms with van der Waals surface area (Å²) < 4.78 is 21.8. The molecule has 0 aliphatic rings. The van der Waals surface area contributed by atoms with Gasteiger partial charge in [-0.05, 0) is 32.2 Å². The van der Waals surface area contributed by atoms with E-state index in [4.69, 9.17) is 0 Å². The molecule has 3 nitrogen and oxygen atoms in total. The van der Waals surface area contributed by atoms with Gasteiger partial charge in [-0.25, -0.2) is 8.42 Å². The number of rotatable bonds is 4. The topological polar surface area (TPSA) is 51.2 Å². The average molecular weight is 272 g/mol. The van der Waals surface area contributed by atoms with E-state index in [1.54, 1.807) is 23.9 Å². The third-order valence-corrected chi connectivity index (χ3v) is 5.61. The zero-order valence-electron chi connectivity index (χ0n) is 10.4. The maximum atomic E-state index is 12.1. The Morgan fingerprint density at radius 2 is 1.65 bits per heavy atom. The summed E-state index contributed by atoms with van der Waals surface area (Å²) in [7, 11) is -3.42. The van der Waals surface area contributed by atoms with Crippen molar-refractivity contribution >= 4 is 27.4 Å². The molecule has 1 aromatic rings. The van der Waals surface area contributed by atoms with Crippen molar-refractivity contribution in [1.29, 1.82) is 0 Å². The van der Waals surface area contributed by atoms with E-state index in [9.17, 15) is 13.2 Å². The fourth-order valence-corrected chi connectivity index (χ4v) is 2.12. The number of carbonyl (C=O) groups excluding carboxylic acids is 1. The molecule has 0 aliphatic carbocycles. The van der Waals surface area contributed by atoms with Crippen LogP contribution in [0.25, 0.3) is 0 Å². The Hall–Kier alpha value is -0.810. The molecule has 0 aromatic heterocycles. The second-order valence-electron chi connectivity index (χ2n) is 4.34. The van der Waals surface area contributed by atoms with E-state index in [2.05, 4.69) is 0 Å². The van der Waals surface area contributed by atoms with E-state index in [0.717, 1.165) is 11.2 Å². The lowest BCUT2D eigenvalue weighted by Gasteiger charge is -2.20. The highest BCUT2D eigenvalue weighted by molar-refractivity contribution is 7.98. The van der Waals surface area contributed by atoms with E-state index >= 15 is 0 Å². The number of carbonyl (C=O) groups is 1. The van der Waals surface area contributed by atoms with Crippen LogP contribution in [-0.2, 0) is 9.84 Å². The second-order valence-corrected chi connectivity index (χ2v) is 7.78. The Labute approximate surface area is 107 Å². The van der Waals surface area contributed by atoms with Crippen LogP contribution in [0.5, 0.6) is 0 Å². The van der Waals surface area contributed by atoms with E-state index in [1.807, 2.05) is 18.4 Å². The molecule has 0 amide bonds. The molecule has 0 atom stereocenters. The monoisotopic (exact) mass is 272 g/mol. The molecular formula is C12H16O3S2. The van der Waals surface area contributed by atoms with Gasteiger partial charge in [-0.2, -0.15) is 0 Å².